The van der Waals surface area contributed by atoms with Crippen molar-refractivity contribution in [2.45, 2.75) is 34.6 Å². The van der Waals surface area contributed by atoms with Gasteiger partial charge in [0.05, 0.1) is 0 Å². The third-order valence-electron chi connectivity index (χ3n) is 3.91. The maximum Gasteiger partial charge on any atom is -0.0193 e. The minimum Gasteiger partial charge on any atom is -0.0620 e. The van der Waals surface area contributed by atoms with Gasteiger partial charge >= 0.3 is 0 Å². The fourth-order valence-electron chi connectivity index (χ4n) is 2.54. The number of allylic oxidation sites excluding steroid dienone is 2. The summed E-state index contributed by atoms with van der Waals surface area (Å²) in [5.74, 6) is 0. The van der Waals surface area contributed by atoms with Gasteiger partial charge in [-0.25, -0.2) is 0 Å². The van der Waals surface area contributed by atoms with Gasteiger partial charge in [0.15, 0.2) is 0 Å². The monoisotopic (exact) mass is 250 g/mol. The smallest absolute Gasteiger partial charge is 0.0193 e. The molecule has 2 aromatic carbocycles. The Morgan fingerprint density at radius 1 is 0.684 bits per heavy atom. The molecule has 0 fully saturated rings. The molecule has 0 N–H and O–H groups in total. The fourth-order valence-corrected chi connectivity index (χ4v) is 2.54. The molecule has 0 saturated heterocycles. The van der Waals surface area contributed by atoms with Crippen molar-refractivity contribution in [1.82, 2.24) is 0 Å². The Labute approximate surface area is 116 Å². The van der Waals surface area contributed by atoms with Crippen molar-refractivity contribution in [3.8, 4) is 0 Å². The predicted molar refractivity (Wildman–Crippen MR) is 85.3 cm³/mol. The minimum atomic E-state index is 1.32. The van der Waals surface area contributed by atoms with Crippen molar-refractivity contribution >= 4 is 11.1 Å². The molecule has 0 heterocycles. The lowest BCUT2D eigenvalue weighted by Crippen LogP contribution is -1.92. The third-order valence-corrected chi connectivity index (χ3v) is 3.91. The van der Waals surface area contributed by atoms with Crippen molar-refractivity contribution in [1.29, 1.82) is 0 Å². The number of hydrogen-bond acceptors (Lipinski definition) is 0. The largest absolute Gasteiger partial charge is 0.0620 e. The van der Waals surface area contributed by atoms with Gasteiger partial charge in [0.2, 0.25) is 0 Å². The molecule has 0 heteroatoms. The highest BCUT2D eigenvalue weighted by atomic mass is 14.1. The summed E-state index contributed by atoms with van der Waals surface area (Å²) in [4.78, 5) is 0. The molecule has 19 heavy (non-hydrogen) atoms. The summed E-state index contributed by atoms with van der Waals surface area (Å²) < 4.78 is 0. The Bertz CT molecular complexity index is 630. The van der Waals surface area contributed by atoms with Gasteiger partial charge in [-0.05, 0) is 68.0 Å². The first-order valence-electron chi connectivity index (χ1n) is 6.82. The molecule has 0 aromatic heterocycles. The zero-order chi connectivity index (χ0) is 14.0. The Hall–Kier alpha value is -1.82. The van der Waals surface area contributed by atoms with E-state index in [1.54, 1.807) is 0 Å². The zero-order valence-electron chi connectivity index (χ0n) is 12.5. The van der Waals surface area contributed by atoms with E-state index < -0.39 is 0 Å². The average Bonchev–Trinajstić information content (AvgIpc) is 2.40. The molecule has 0 unspecified atom stereocenters. The van der Waals surface area contributed by atoms with E-state index in [1.165, 1.54) is 39.0 Å². The summed E-state index contributed by atoms with van der Waals surface area (Å²) in [6, 6.07) is 15.3. The van der Waals surface area contributed by atoms with Gasteiger partial charge in [0.25, 0.3) is 0 Å². The molecule has 0 atom stereocenters. The van der Waals surface area contributed by atoms with Crippen LogP contribution in [-0.2, 0) is 0 Å². The van der Waals surface area contributed by atoms with Crippen molar-refractivity contribution in [3.63, 3.8) is 0 Å². The molecule has 0 amide bonds. The molecule has 0 aliphatic carbocycles. The highest BCUT2D eigenvalue weighted by Crippen LogP contribution is 2.29. The lowest BCUT2D eigenvalue weighted by Gasteiger charge is -2.14. The highest BCUT2D eigenvalue weighted by Gasteiger charge is 2.07. The standard InChI is InChI=1S/C19H22/c1-13-10-11-15(3)19(12-13)17(5)16(4)18-9-7-6-8-14(18)2/h6-12H,1-5H3/b17-16+. The Morgan fingerprint density at radius 3 is 1.95 bits per heavy atom. The fraction of sp³-hybridized carbons (Fsp3) is 0.263. The van der Waals surface area contributed by atoms with Crippen LogP contribution in [0.15, 0.2) is 42.5 Å². The second-order valence-electron chi connectivity index (χ2n) is 5.38. The Balaban J connectivity index is 2.58. The molecule has 0 nitrogen and oxygen atoms in total. The molecule has 0 spiro atoms. The van der Waals surface area contributed by atoms with E-state index in [0.29, 0.717) is 0 Å². The van der Waals surface area contributed by atoms with Gasteiger partial charge in [-0.2, -0.15) is 0 Å². The predicted octanol–water partition coefficient (Wildman–Crippen LogP) is 5.56. The van der Waals surface area contributed by atoms with Crippen molar-refractivity contribution in [2.24, 2.45) is 0 Å². The van der Waals surface area contributed by atoms with Crippen LogP contribution >= 0.6 is 0 Å². The normalized spacial score (nSPS) is 12.3. The van der Waals surface area contributed by atoms with Gasteiger partial charge in [-0.1, -0.05) is 48.0 Å². The molecule has 2 aromatic rings. The van der Waals surface area contributed by atoms with Crippen LogP contribution in [0.2, 0.25) is 0 Å². The summed E-state index contributed by atoms with van der Waals surface area (Å²) in [6.07, 6.45) is 0. The van der Waals surface area contributed by atoms with Crippen LogP contribution in [-0.4, -0.2) is 0 Å². The van der Waals surface area contributed by atoms with Gasteiger partial charge in [-0.15, -0.1) is 0 Å². The van der Waals surface area contributed by atoms with Crippen LogP contribution in [0.5, 0.6) is 0 Å². The van der Waals surface area contributed by atoms with Gasteiger partial charge in [0, 0.05) is 0 Å². The summed E-state index contributed by atoms with van der Waals surface area (Å²) in [5.41, 5.74) is 9.45. The number of hydrogen-bond donors (Lipinski definition) is 0. The molecule has 0 aliphatic rings. The quantitative estimate of drug-likeness (QED) is 0.612. The summed E-state index contributed by atoms with van der Waals surface area (Å²) in [7, 11) is 0. The van der Waals surface area contributed by atoms with E-state index in [1.807, 2.05) is 0 Å². The van der Waals surface area contributed by atoms with E-state index in [0.717, 1.165) is 0 Å². The lowest BCUT2D eigenvalue weighted by atomic mass is 9.91. The molecular weight excluding hydrogens is 228 g/mol. The molecule has 0 radical (unpaired) electrons. The van der Waals surface area contributed by atoms with Crippen molar-refractivity contribution < 1.29 is 0 Å². The van der Waals surface area contributed by atoms with Crippen LogP contribution in [0, 0.1) is 20.8 Å². The van der Waals surface area contributed by atoms with E-state index in [4.69, 9.17) is 0 Å². The summed E-state index contributed by atoms with van der Waals surface area (Å²) >= 11 is 0. The summed E-state index contributed by atoms with van der Waals surface area (Å²) in [5, 5.41) is 0. The third kappa shape index (κ3) is 2.78. The van der Waals surface area contributed by atoms with Gasteiger partial charge in [0.1, 0.15) is 0 Å². The Kier molecular flexibility index (Phi) is 3.90. The topological polar surface area (TPSA) is 0 Å². The SMILES string of the molecule is C/C(=C(/C)c1cc(C)ccc1C)c1ccccc1C. The molecule has 98 valence electrons. The van der Waals surface area contributed by atoms with Gasteiger partial charge < -0.3 is 0 Å². The molecule has 0 aliphatic heterocycles. The van der Waals surface area contributed by atoms with Crippen LogP contribution in [0.1, 0.15) is 41.7 Å². The Morgan fingerprint density at radius 2 is 1.26 bits per heavy atom. The number of benzene rings is 2. The molecular formula is C19H22. The number of aryl methyl sites for hydroxylation is 3. The zero-order valence-corrected chi connectivity index (χ0v) is 12.5. The minimum absolute atomic E-state index is 1.32. The first-order chi connectivity index (χ1) is 9.00. The van der Waals surface area contributed by atoms with Crippen molar-refractivity contribution in [2.75, 3.05) is 0 Å². The van der Waals surface area contributed by atoms with Gasteiger partial charge in [-0.3, -0.25) is 0 Å². The molecule has 2 rings (SSSR count). The second-order valence-corrected chi connectivity index (χ2v) is 5.38. The maximum atomic E-state index is 2.28. The maximum absolute atomic E-state index is 2.28. The number of rotatable bonds is 2. The van der Waals surface area contributed by atoms with Crippen LogP contribution in [0.25, 0.3) is 11.1 Å². The van der Waals surface area contributed by atoms with E-state index in [9.17, 15) is 0 Å². The molecule has 0 saturated carbocycles. The first kappa shape index (κ1) is 13.6. The average molecular weight is 250 g/mol. The second kappa shape index (κ2) is 5.44. The van der Waals surface area contributed by atoms with E-state index >= 15 is 0 Å². The molecule has 0 bridgehead atoms. The van der Waals surface area contributed by atoms with Crippen LogP contribution < -0.4 is 0 Å². The van der Waals surface area contributed by atoms with Crippen LogP contribution in [0.3, 0.4) is 0 Å². The summed E-state index contributed by atoms with van der Waals surface area (Å²) in [6.45, 7) is 11.0. The van der Waals surface area contributed by atoms with E-state index in [2.05, 4.69) is 77.1 Å². The van der Waals surface area contributed by atoms with E-state index in [-0.39, 0.29) is 0 Å². The van der Waals surface area contributed by atoms with Crippen molar-refractivity contribution in [3.05, 3.63) is 70.3 Å². The lowest BCUT2D eigenvalue weighted by molar-refractivity contribution is 1.34. The first-order valence-corrected chi connectivity index (χ1v) is 6.82. The highest BCUT2D eigenvalue weighted by molar-refractivity contribution is 5.90. The van der Waals surface area contributed by atoms with Crippen LogP contribution in [0.4, 0.5) is 0 Å².